The molecular weight excluding hydrogens is 270 g/mol. The summed E-state index contributed by atoms with van der Waals surface area (Å²) >= 11 is 0. The van der Waals surface area contributed by atoms with E-state index in [2.05, 4.69) is 15.4 Å². The van der Waals surface area contributed by atoms with E-state index in [9.17, 15) is 4.79 Å². The Balaban J connectivity index is 1.91. The van der Waals surface area contributed by atoms with E-state index in [0.717, 1.165) is 11.3 Å². The zero-order valence-electron chi connectivity index (χ0n) is 12.1. The van der Waals surface area contributed by atoms with Crippen LogP contribution in [0.25, 0.3) is 5.69 Å². The second kappa shape index (κ2) is 6.85. The van der Waals surface area contributed by atoms with E-state index in [-0.39, 0.29) is 18.7 Å². The maximum atomic E-state index is 11.9. The molecule has 2 amide bonds. The van der Waals surface area contributed by atoms with E-state index in [1.807, 2.05) is 24.3 Å². The molecule has 0 aliphatic rings. The van der Waals surface area contributed by atoms with Gasteiger partial charge in [-0.2, -0.15) is 5.10 Å². The molecule has 2 aromatic rings. The molecule has 2 N–H and O–H groups in total. The van der Waals surface area contributed by atoms with Crippen LogP contribution in [0.5, 0.6) is 0 Å². The predicted molar refractivity (Wildman–Crippen MR) is 77.9 cm³/mol. The number of urea groups is 1. The fourth-order valence-electron chi connectivity index (χ4n) is 1.73. The first-order valence-electron chi connectivity index (χ1n) is 6.67. The van der Waals surface area contributed by atoms with Crippen LogP contribution in [0, 0.1) is 0 Å². The van der Waals surface area contributed by atoms with Gasteiger partial charge >= 0.3 is 6.03 Å². The van der Waals surface area contributed by atoms with Crippen molar-refractivity contribution in [2.75, 3.05) is 13.7 Å². The second-order valence-electron chi connectivity index (χ2n) is 4.81. The Morgan fingerprint density at radius 2 is 2.14 bits per heavy atom. The first-order valence-corrected chi connectivity index (χ1v) is 6.67. The van der Waals surface area contributed by atoms with Crippen LogP contribution < -0.4 is 5.32 Å². The molecule has 21 heavy (non-hydrogen) atoms. The van der Waals surface area contributed by atoms with Crippen molar-refractivity contribution in [3.8, 4) is 5.69 Å². The zero-order valence-corrected chi connectivity index (χ0v) is 12.1. The lowest BCUT2D eigenvalue weighted by atomic mass is 10.2. The highest BCUT2D eigenvalue weighted by Crippen LogP contribution is 2.08. The van der Waals surface area contributed by atoms with Crippen LogP contribution in [-0.2, 0) is 6.54 Å². The van der Waals surface area contributed by atoms with Crippen LogP contribution >= 0.6 is 0 Å². The Morgan fingerprint density at radius 1 is 1.43 bits per heavy atom. The number of nitrogens with zero attached hydrogens (tertiary/aromatic N) is 4. The van der Waals surface area contributed by atoms with Gasteiger partial charge in [-0.25, -0.2) is 14.5 Å². The number of amides is 2. The van der Waals surface area contributed by atoms with Crippen LogP contribution in [0.4, 0.5) is 4.79 Å². The molecule has 1 aromatic heterocycles. The highest BCUT2D eigenvalue weighted by atomic mass is 16.3. The van der Waals surface area contributed by atoms with Gasteiger partial charge in [-0.3, -0.25) is 0 Å². The van der Waals surface area contributed by atoms with Gasteiger partial charge in [0.15, 0.2) is 0 Å². The van der Waals surface area contributed by atoms with Gasteiger partial charge < -0.3 is 15.3 Å². The third-order valence-electron chi connectivity index (χ3n) is 3.31. The minimum Gasteiger partial charge on any atom is -0.394 e. The van der Waals surface area contributed by atoms with Crippen LogP contribution in [0.3, 0.4) is 0 Å². The molecule has 0 aliphatic heterocycles. The molecule has 1 atom stereocenters. The van der Waals surface area contributed by atoms with Crippen LogP contribution in [0.2, 0.25) is 0 Å². The maximum absolute atomic E-state index is 11.9. The number of aliphatic hydroxyl groups excluding tert-OH is 1. The van der Waals surface area contributed by atoms with E-state index in [4.69, 9.17) is 5.11 Å². The van der Waals surface area contributed by atoms with E-state index in [1.54, 1.807) is 25.0 Å². The average Bonchev–Trinajstić information content (AvgIpc) is 3.06. The summed E-state index contributed by atoms with van der Waals surface area (Å²) in [5.41, 5.74) is 1.89. The molecule has 0 saturated carbocycles. The molecule has 112 valence electrons. The Hall–Kier alpha value is -2.41. The van der Waals surface area contributed by atoms with Crippen molar-refractivity contribution in [1.29, 1.82) is 0 Å². The minimum atomic E-state index is -0.211. The van der Waals surface area contributed by atoms with E-state index in [1.165, 1.54) is 11.2 Å². The van der Waals surface area contributed by atoms with E-state index < -0.39 is 0 Å². The summed E-state index contributed by atoms with van der Waals surface area (Å²) in [5, 5.41) is 15.9. The molecule has 1 unspecified atom stereocenters. The number of hydrogen-bond acceptors (Lipinski definition) is 4. The van der Waals surface area contributed by atoms with Gasteiger partial charge in [-0.1, -0.05) is 12.1 Å². The van der Waals surface area contributed by atoms with Gasteiger partial charge in [-0.05, 0) is 24.6 Å². The topological polar surface area (TPSA) is 83.3 Å². The van der Waals surface area contributed by atoms with Crippen molar-refractivity contribution >= 4 is 6.03 Å². The van der Waals surface area contributed by atoms with Crippen molar-refractivity contribution in [3.63, 3.8) is 0 Å². The van der Waals surface area contributed by atoms with Crippen LogP contribution in [0.1, 0.15) is 12.5 Å². The number of aromatic nitrogens is 3. The van der Waals surface area contributed by atoms with Gasteiger partial charge in [0.1, 0.15) is 12.7 Å². The molecule has 0 aliphatic carbocycles. The lowest BCUT2D eigenvalue weighted by Gasteiger charge is -2.23. The number of carbonyl (C=O) groups is 1. The Bertz CT molecular complexity index is 568. The average molecular weight is 289 g/mol. The fraction of sp³-hybridized carbons (Fsp3) is 0.357. The molecule has 0 fully saturated rings. The summed E-state index contributed by atoms with van der Waals surface area (Å²) < 4.78 is 1.67. The second-order valence-corrected chi connectivity index (χ2v) is 4.81. The number of nitrogens with one attached hydrogen (secondary N) is 1. The van der Waals surface area contributed by atoms with Gasteiger partial charge in [0.05, 0.1) is 18.3 Å². The fourth-order valence-corrected chi connectivity index (χ4v) is 1.73. The first kappa shape index (κ1) is 15.0. The third kappa shape index (κ3) is 3.79. The van der Waals surface area contributed by atoms with Gasteiger partial charge in [0.25, 0.3) is 0 Å². The molecule has 7 nitrogen and oxygen atoms in total. The highest BCUT2D eigenvalue weighted by molar-refractivity contribution is 5.74. The molecule has 0 bridgehead atoms. The Morgan fingerprint density at radius 3 is 2.71 bits per heavy atom. The van der Waals surface area contributed by atoms with Crippen molar-refractivity contribution in [3.05, 3.63) is 42.5 Å². The quantitative estimate of drug-likeness (QED) is 0.852. The third-order valence-corrected chi connectivity index (χ3v) is 3.31. The molecule has 1 heterocycles. The van der Waals surface area contributed by atoms with Crippen LogP contribution in [-0.4, -0.2) is 50.5 Å². The van der Waals surface area contributed by atoms with Gasteiger partial charge in [0.2, 0.25) is 0 Å². The molecule has 7 heteroatoms. The summed E-state index contributed by atoms with van der Waals surface area (Å²) in [5.74, 6) is 0. The predicted octanol–water partition coefficient (Wildman–Crippen LogP) is 0.789. The standard InChI is InChI=1S/C14H19N5O2/c1-11(8-20)18(2)14(21)16-7-12-3-5-13(6-4-12)19-10-15-9-17-19/h3-6,9-11,20H,7-8H2,1-2H3,(H,16,21). The normalized spacial score (nSPS) is 12.0. The monoisotopic (exact) mass is 289 g/mol. The summed E-state index contributed by atoms with van der Waals surface area (Å²) in [6, 6.07) is 7.25. The highest BCUT2D eigenvalue weighted by Gasteiger charge is 2.13. The smallest absolute Gasteiger partial charge is 0.317 e. The zero-order chi connectivity index (χ0) is 15.2. The Kier molecular flexibility index (Phi) is 4.89. The summed E-state index contributed by atoms with van der Waals surface area (Å²) in [6.45, 7) is 2.15. The van der Waals surface area contributed by atoms with Crippen molar-refractivity contribution in [2.24, 2.45) is 0 Å². The summed E-state index contributed by atoms with van der Waals surface area (Å²) in [6.07, 6.45) is 3.11. The molecule has 0 saturated heterocycles. The Labute approximate surface area is 123 Å². The lowest BCUT2D eigenvalue weighted by molar-refractivity contribution is 0.157. The number of likely N-dealkylation sites (N-methyl/N-ethyl adjacent to an activating group) is 1. The minimum absolute atomic E-state index is 0.0590. The van der Waals surface area contributed by atoms with Crippen molar-refractivity contribution in [1.82, 2.24) is 25.0 Å². The number of aliphatic hydroxyl groups is 1. The molecule has 0 spiro atoms. The lowest BCUT2D eigenvalue weighted by Crippen LogP contribution is -2.43. The molecule has 2 rings (SSSR count). The number of rotatable bonds is 5. The SMILES string of the molecule is CC(CO)N(C)C(=O)NCc1ccc(-n2cncn2)cc1. The molecule has 1 aromatic carbocycles. The first-order chi connectivity index (χ1) is 10.1. The largest absolute Gasteiger partial charge is 0.394 e. The van der Waals surface area contributed by atoms with Crippen molar-refractivity contribution in [2.45, 2.75) is 19.5 Å². The maximum Gasteiger partial charge on any atom is 0.317 e. The number of carbonyl (C=O) groups excluding carboxylic acids is 1. The number of benzene rings is 1. The van der Waals surface area contributed by atoms with Crippen molar-refractivity contribution < 1.29 is 9.90 Å². The molecule has 0 radical (unpaired) electrons. The van der Waals surface area contributed by atoms with Gasteiger partial charge in [0, 0.05) is 13.6 Å². The van der Waals surface area contributed by atoms with E-state index >= 15 is 0 Å². The van der Waals surface area contributed by atoms with Crippen LogP contribution in [0.15, 0.2) is 36.9 Å². The van der Waals surface area contributed by atoms with E-state index in [0.29, 0.717) is 6.54 Å². The number of hydrogen-bond donors (Lipinski definition) is 2. The van der Waals surface area contributed by atoms with Gasteiger partial charge in [-0.15, -0.1) is 0 Å². The molecular formula is C14H19N5O2. The summed E-state index contributed by atoms with van der Waals surface area (Å²) in [7, 11) is 1.66. The summed E-state index contributed by atoms with van der Waals surface area (Å²) in [4.78, 5) is 17.2.